The molecule has 0 saturated heterocycles. The molecule has 172 valence electrons. The van der Waals surface area contributed by atoms with Crippen molar-refractivity contribution in [2.45, 2.75) is 57.7 Å². The number of fused-ring (bicyclic) bond motifs is 5. The summed E-state index contributed by atoms with van der Waals surface area (Å²) in [5.74, 6) is -0.797. The predicted octanol–water partition coefficient (Wildman–Crippen LogP) is 2.40. The number of aryl methyl sites for hydroxylation is 1. The zero-order chi connectivity index (χ0) is 23.7. The quantitative estimate of drug-likeness (QED) is 0.312. The molecule has 2 aromatic heterocycles. The molecule has 5 rings (SSSR count). The van der Waals surface area contributed by atoms with Gasteiger partial charge in [0, 0.05) is 16.5 Å². The van der Waals surface area contributed by atoms with E-state index in [0.717, 1.165) is 22.0 Å². The lowest BCUT2D eigenvalue weighted by atomic mass is 9.84. The Kier molecular flexibility index (Phi) is 4.79. The van der Waals surface area contributed by atoms with Gasteiger partial charge in [-0.1, -0.05) is 25.1 Å². The van der Waals surface area contributed by atoms with Crippen LogP contribution in [0.15, 0.2) is 29.1 Å². The second kappa shape index (κ2) is 7.24. The van der Waals surface area contributed by atoms with Crippen LogP contribution in [0.25, 0.3) is 22.3 Å². The van der Waals surface area contributed by atoms with Crippen molar-refractivity contribution < 1.29 is 19.4 Å². The maximum atomic E-state index is 13.5. The molecule has 4 N–H and O–H groups in total. The summed E-state index contributed by atoms with van der Waals surface area (Å²) in [4.78, 5) is 41.3. The number of carbonyl (C=O) groups is 1. The molecular weight excluding hydrogens is 438 g/mol. The van der Waals surface area contributed by atoms with Gasteiger partial charge in [0.2, 0.25) is 0 Å². The van der Waals surface area contributed by atoms with Crippen molar-refractivity contribution in [3.05, 3.63) is 56.9 Å². The number of aromatic nitrogens is 2. The lowest BCUT2D eigenvalue weighted by Gasteiger charge is -2.33. The Bertz CT molecular complexity index is 1390. The Labute approximate surface area is 191 Å². The molecule has 1 atom stereocenters. The van der Waals surface area contributed by atoms with Crippen molar-refractivity contribution >= 4 is 30.9 Å². The third-order valence-corrected chi connectivity index (χ3v) is 8.32. The van der Waals surface area contributed by atoms with Gasteiger partial charge in [0.15, 0.2) is 13.9 Å². The first-order valence-electron chi connectivity index (χ1n) is 11.1. The molecule has 0 radical (unpaired) electrons. The number of ether oxygens (including phenoxy) is 1. The monoisotopic (exact) mass is 465 g/mol. The number of benzene rings is 1. The number of carbonyl (C=O) groups excluding carboxylic acids is 1. The number of nitrogens with two attached hydrogens (primary N) is 1. The molecule has 9 heteroatoms. The first kappa shape index (κ1) is 21.8. The van der Waals surface area contributed by atoms with E-state index in [9.17, 15) is 19.5 Å². The van der Waals surface area contributed by atoms with E-state index in [0.29, 0.717) is 30.4 Å². The van der Waals surface area contributed by atoms with Gasteiger partial charge >= 0.3 is 5.97 Å². The van der Waals surface area contributed by atoms with Crippen LogP contribution in [0.4, 0.5) is 5.69 Å². The molecule has 0 bridgehead atoms. The normalized spacial score (nSPS) is 19.2. The molecule has 3 aromatic rings. The zero-order valence-electron chi connectivity index (χ0n) is 18.9. The highest BCUT2D eigenvalue weighted by Crippen LogP contribution is 2.45. The summed E-state index contributed by atoms with van der Waals surface area (Å²) in [6, 6.07) is 8.44. The van der Waals surface area contributed by atoms with Gasteiger partial charge in [-0.2, -0.15) is 0 Å². The first-order valence-corrected chi connectivity index (χ1v) is 14.3. The summed E-state index contributed by atoms with van der Waals surface area (Å²) >= 11 is 0. The highest BCUT2D eigenvalue weighted by atomic mass is 28.4. The second-order valence-electron chi connectivity index (χ2n) is 9.54. The lowest BCUT2D eigenvalue weighted by molar-refractivity contribution is -0.172. The SMILES string of the molecule is CCC1(O)C(=O)OCc2c1c(N)c1n(c2=O)Cc2c-1nc1ccccc1c2CC[Si](C)(C)O. The highest BCUT2D eigenvalue weighted by Gasteiger charge is 2.47. The van der Waals surface area contributed by atoms with Gasteiger partial charge in [-0.25, -0.2) is 9.78 Å². The number of nitrogen functional groups attached to an aromatic ring is 1. The number of nitrogens with zero attached hydrogens (tertiary/aromatic N) is 2. The van der Waals surface area contributed by atoms with Crippen LogP contribution in [-0.2, 0) is 34.7 Å². The van der Waals surface area contributed by atoms with Crippen molar-refractivity contribution in [1.29, 1.82) is 0 Å². The average Bonchev–Trinajstić information content (AvgIpc) is 3.16. The Morgan fingerprint density at radius 2 is 1.97 bits per heavy atom. The van der Waals surface area contributed by atoms with E-state index < -0.39 is 19.9 Å². The van der Waals surface area contributed by atoms with Crippen molar-refractivity contribution in [1.82, 2.24) is 9.55 Å². The van der Waals surface area contributed by atoms with E-state index in [-0.39, 0.29) is 35.4 Å². The van der Waals surface area contributed by atoms with Crippen LogP contribution in [0.1, 0.15) is 35.6 Å². The fourth-order valence-corrected chi connectivity index (χ4v) is 5.91. The van der Waals surface area contributed by atoms with Crippen LogP contribution in [0.3, 0.4) is 0 Å². The summed E-state index contributed by atoms with van der Waals surface area (Å²) in [6.07, 6.45) is 0.690. The van der Waals surface area contributed by atoms with E-state index in [1.54, 1.807) is 11.5 Å². The van der Waals surface area contributed by atoms with Gasteiger partial charge in [0.05, 0.1) is 34.7 Å². The molecule has 2 aliphatic rings. The Balaban J connectivity index is 1.81. The van der Waals surface area contributed by atoms with Gasteiger partial charge in [-0.3, -0.25) is 4.79 Å². The van der Waals surface area contributed by atoms with Crippen LogP contribution in [-0.4, -0.2) is 33.7 Å². The molecule has 0 saturated carbocycles. The van der Waals surface area contributed by atoms with Crippen molar-refractivity contribution in [3.63, 3.8) is 0 Å². The van der Waals surface area contributed by atoms with Gasteiger partial charge in [0.25, 0.3) is 5.56 Å². The number of aliphatic hydroxyl groups is 1. The zero-order valence-corrected chi connectivity index (χ0v) is 19.9. The summed E-state index contributed by atoms with van der Waals surface area (Å²) < 4.78 is 6.72. The number of cyclic esters (lactones) is 1. The Morgan fingerprint density at radius 3 is 2.67 bits per heavy atom. The summed E-state index contributed by atoms with van der Waals surface area (Å²) in [6.45, 7) is 5.54. The summed E-state index contributed by atoms with van der Waals surface area (Å²) in [5, 5.41) is 12.1. The maximum absolute atomic E-state index is 13.5. The van der Waals surface area contributed by atoms with Gasteiger partial charge in [0.1, 0.15) is 6.61 Å². The lowest BCUT2D eigenvalue weighted by Crippen LogP contribution is -2.45. The van der Waals surface area contributed by atoms with Crippen molar-refractivity contribution in [2.75, 3.05) is 5.73 Å². The number of pyridine rings is 2. The molecule has 0 amide bonds. The standard InChI is InChI=1S/C24H27N3O5Si/c1-4-24(30)18-16(12-32-23(24)29)22(28)27-11-15-13(9-10-33(2,3)31)14-7-5-6-8-17(14)26-20(15)21(27)19(18)25/h5-8,30-31H,4,9-12,25H2,1-3H3. The van der Waals surface area contributed by atoms with E-state index in [1.165, 1.54) is 0 Å². The molecule has 1 aromatic carbocycles. The molecule has 33 heavy (non-hydrogen) atoms. The minimum Gasteiger partial charge on any atom is -0.458 e. The smallest absolute Gasteiger partial charge is 0.343 e. The minimum absolute atomic E-state index is 0.0331. The van der Waals surface area contributed by atoms with Gasteiger partial charge in [-0.15, -0.1) is 0 Å². The molecule has 8 nitrogen and oxygen atoms in total. The molecule has 0 aliphatic carbocycles. The van der Waals surface area contributed by atoms with Crippen LogP contribution < -0.4 is 11.3 Å². The molecular formula is C24H27N3O5Si. The number of rotatable bonds is 4. The molecule has 0 fully saturated rings. The highest BCUT2D eigenvalue weighted by molar-refractivity contribution is 6.69. The topological polar surface area (TPSA) is 128 Å². The largest absolute Gasteiger partial charge is 0.458 e. The third kappa shape index (κ3) is 3.14. The summed E-state index contributed by atoms with van der Waals surface area (Å²) in [7, 11) is -2.32. The van der Waals surface area contributed by atoms with Crippen molar-refractivity contribution in [2.24, 2.45) is 0 Å². The van der Waals surface area contributed by atoms with Crippen LogP contribution in [0.2, 0.25) is 19.1 Å². The molecule has 4 heterocycles. The van der Waals surface area contributed by atoms with Crippen molar-refractivity contribution in [3.8, 4) is 11.4 Å². The first-order chi connectivity index (χ1) is 15.6. The number of hydrogen-bond donors (Lipinski definition) is 3. The average molecular weight is 466 g/mol. The molecule has 0 spiro atoms. The van der Waals surface area contributed by atoms with E-state index in [1.807, 2.05) is 37.4 Å². The number of para-hydroxylation sites is 1. The number of esters is 1. The van der Waals surface area contributed by atoms with Gasteiger partial charge in [-0.05, 0) is 43.6 Å². The fraction of sp³-hybridized carbons (Fsp3) is 0.375. The minimum atomic E-state index is -2.32. The molecule has 1 unspecified atom stereocenters. The number of hydrogen-bond acceptors (Lipinski definition) is 7. The summed E-state index contributed by atoms with van der Waals surface area (Å²) in [5.41, 5.74) is 8.56. The van der Waals surface area contributed by atoms with E-state index in [2.05, 4.69) is 0 Å². The molecule has 2 aliphatic heterocycles. The predicted molar refractivity (Wildman–Crippen MR) is 127 cm³/mol. The van der Waals surface area contributed by atoms with E-state index >= 15 is 0 Å². The number of anilines is 1. The van der Waals surface area contributed by atoms with Crippen LogP contribution in [0, 0.1) is 0 Å². The Morgan fingerprint density at radius 1 is 1.24 bits per heavy atom. The Hall–Kier alpha value is -3.01. The van der Waals surface area contributed by atoms with Crippen LogP contribution >= 0.6 is 0 Å². The second-order valence-corrected chi connectivity index (χ2v) is 13.7. The van der Waals surface area contributed by atoms with E-state index in [4.69, 9.17) is 15.5 Å². The third-order valence-electron chi connectivity index (χ3n) is 6.85. The maximum Gasteiger partial charge on any atom is 0.343 e. The fourth-order valence-electron chi connectivity index (χ4n) is 5.05. The van der Waals surface area contributed by atoms with Gasteiger partial charge < -0.3 is 24.9 Å². The van der Waals surface area contributed by atoms with Crippen LogP contribution in [0.5, 0.6) is 0 Å².